The van der Waals surface area contributed by atoms with Gasteiger partial charge in [0, 0.05) is 25.4 Å². The number of hydrogen-bond donors (Lipinski definition) is 2. The number of anilines is 1. The second-order valence-electron chi connectivity index (χ2n) is 3.98. The minimum absolute atomic E-state index is 0.0639. The molecule has 3 N–H and O–H groups in total. The number of aromatic nitrogens is 2. The molecule has 1 amide bonds. The second kappa shape index (κ2) is 5.05. The summed E-state index contributed by atoms with van der Waals surface area (Å²) < 4.78 is 28.1. The SMILES string of the molecule is Cn1cc(C(=O)NCc2c(F)cccc2F)c(N)n1. The zero-order valence-electron chi connectivity index (χ0n) is 10.2. The van der Waals surface area contributed by atoms with E-state index in [1.54, 1.807) is 7.05 Å². The first kappa shape index (κ1) is 13.0. The van der Waals surface area contributed by atoms with Crippen LogP contribution in [0.2, 0.25) is 0 Å². The van der Waals surface area contributed by atoms with Crippen LogP contribution in [-0.4, -0.2) is 15.7 Å². The summed E-state index contributed by atoms with van der Waals surface area (Å²) in [6.45, 7) is -0.258. The lowest BCUT2D eigenvalue weighted by Gasteiger charge is -2.06. The van der Waals surface area contributed by atoms with Crippen LogP contribution >= 0.6 is 0 Å². The van der Waals surface area contributed by atoms with Crippen molar-refractivity contribution in [2.75, 3.05) is 5.73 Å². The molecule has 1 heterocycles. The number of benzene rings is 1. The van der Waals surface area contributed by atoms with Gasteiger partial charge in [-0.05, 0) is 12.1 Å². The van der Waals surface area contributed by atoms with Crippen molar-refractivity contribution in [1.82, 2.24) is 15.1 Å². The van der Waals surface area contributed by atoms with Gasteiger partial charge in [-0.3, -0.25) is 9.48 Å². The van der Waals surface area contributed by atoms with Gasteiger partial charge in [0.15, 0.2) is 5.82 Å². The predicted octanol–water partition coefficient (Wildman–Crippen LogP) is 1.21. The van der Waals surface area contributed by atoms with E-state index >= 15 is 0 Å². The van der Waals surface area contributed by atoms with Crippen molar-refractivity contribution in [3.8, 4) is 0 Å². The van der Waals surface area contributed by atoms with Gasteiger partial charge in [0.2, 0.25) is 0 Å². The molecule has 0 spiro atoms. The van der Waals surface area contributed by atoms with Gasteiger partial charge in [-0.1, -0.05) is 6.07 Å². The maximum Gasteiger partial charge on any atom is 0.256 e. The van der Waals surface area contributed by atoms with Gasteiger partial charge in [0.25, 0.3) is 5.91 Å². The van der Waals surface area contributed by atoms with Gasteiger partial charge >= 0.3 is 0 Å². The number of halogens is 2. The van der Waals surface area contributed by atoms with E-state index in [-0.39, 0.29) is 23.5 Å². The number of hydrogen-bond acceptors (Lipinski definition) is 3. The van der Waals surface area contributed by atoms with E-state index in [9.17, 15) is 13.6 Å². The molecule has 2 aromatic rings. The van der Waals surface area contributed by atoms with E-state index in [4.69, 9.17) is 5.73 Å². The van der Waals surface area contributed by atoms with Gasteiger partial charge in [-0.25, -0.2) is 8.78 Å². The van der Waals surface area contributed by atoms with Crippen LogP contribution in [0.1, 0.15) is 15.9 Å². The molecule has 0 unspecified atom stereocenters. The Morgan fingerprint density at radius 2 is 2.05 bits per heavy atom. The van der Waals surface area contributed by atoms with Gasteiger partial charge in [0.1, 0.15) is 17.2 Å². The molecular formula is C12H12F2N4O. The molecule has 0 bridgehead atoms. The number of nitrogens with two attached hydrogens (primary N) is 1. The maximum atomic E-state index is 13.4. The highest BCUT2D eigenvalue weighted by atomic mass is 19.1. The third-order valence-electron chi connectivity index (χ3n) is 2.59. The molecule has 2 rings (SSSR count). The third-order valence-corrected chi connectivity index (χ3v) is 2.59. The smallest absolute Gasteiger partial charge is 0.256 e. The fourth-order valence-electron chi connectivity index (χ4n) is 1.65. The molecule has 0 saturated carbocycles. The average molecular weight is 266 g/mol. The van der Waals surface area contributed by atoms with Crippen LogP contribution in [0.5, 0.6) is 0 Å². The molecule has 0 aliphatic carbocycles. The second-order valence-corrected chi connectivity index (χ2v) is 3.98. The summed E-state index contributed by atoms with van der Waals surface area (Å²) in [5.41, 5.74) is 5.50. The lowest BCUT2D eigenvalue weighted by molar-refractivity contribution is 0.0951. The molecule has 1 aromatic heterocycles. The highest BCUT2D eigenvalue weighted by Gasteiger charge is 2.15. The van der Waals surface area contributed by atoms with E-state index < -0.39 is 17.5 Å². The van der Waals surface area contributed by atoms with Gasteiger partial charge < -0.3 is 11.1 Å². The number of carbonyl (C=O) groups is 1. The number of nitrogens with one attached hydrogen (secondary N) is 1. The van der Waals surface area contributed by atoms with Gasteiger partial charge in [-0.15, -0.1) is 0 Å². The molecule has 0 radical (unpaired) electrons. The van der Waals surface area contributed by atoms with Crippen LogP contribution in [-0.2, 0) is 13.6 Å². The summed E-state index contributed by atoms with van der Waals surface area (Å²) >= 11 is 0. The number of aryl methyl sites for hydroxylation is 1. The molecule has 0 saturated heterocycles. The zero-order valence-corrected chi connectivity index (χ0v) is 10.2. The molecule has 19 heavy (non-hydrogen) atoms. The number of nitrogens with zero attached hydrogens (tertiary/aromatic N) is 2. The Balaban J connectivity index is 2.11. The Labute approximate surface area is 108 Å². The van der Waals surface area contributed by atoms with Gasteiger partial charge in [-0.2, -0.15) is 5.10 Å². The fourth-order valence-corrected chi connectivity index (χ4v) is 1.65. The molecule has 5 nitrogen and oxygen atoms in total. The molecule has 0 aliphatic rings. The van der Waals surface area contributed by atoms with Crippen molar-refractivity contribution in [3.05, 3.63) is 47.2 Å². The fraction of sp³-hybridized carbons (Fsp3) is 0.167. The third kappa shape index (κ3) is 2.70. The summed E-state index contributed by atoms with van der Waals surface area (Å²) in [4.78, 5) is 11.8. The van der Waals surface area contributed by atoms with E-state index in [0.29, 0.717) is 0 Å². The van der Waals surface area contributed by atoms with E-state index in [1.807, 2.05) is 0 Å². The Morgan fingerprint density at radius 1 is 1.42 bits per heavy atom. The lowest BCUT2D eigenvalue weighted by Crippen LogP contribution is -2.24. The first-order chi connectivity index (χ1) is 8.99. The Hall–Kier alpha value is -2.44. The van der Waals surface area contributed by atoms with Crippen LogP contribution in [0, 0.1) is 11.6 Å². The normalized spacial score (nSPS) is 10.5. The number of amides is 1. The topological polar surface area (TPSA) is 72.9 Å². The summed E-state index contributed by atoms with van der Waals surface area (Å²) in [5.74, 6) is -1.89. The van der Waals surface area contributed by atoms with E-state index in [2.05, 4.69) is 10.4 Å². The summed E-state index contributed by atoms with van der Waals surface area (Å²) in [6.07, 6.45) is 1.43. The molecule has 0 atom stereocenters. The minimum Gasteiger partial charge on any atom is -0.382 e. The Kier molecular flexibility index (Phi) is 3.46. The number of nitrogen functional groups attached to an aromatic ring is 1. The highest BCUT2D eigenvalue weighted by Crippen LogP contribution is 2.13. The zero-order chi connectivity index (χ0) is 14.0. The quantitative estimate of drug-likeness (QED) is 0.877. The van der Waals surface area contributed by atoms with Crippen LogP contribution in [0.25, 0.3) is 0 Å². The Morgan fingerprint density at radius 3 is 2.58 bits per heavy atom. The first-order valence-corrected chi connectivity index (χ1v) is 5.49. The van der Waals surface area contributed by atoms with E-state index in [0.717, 1.165) is 12.1 Å². The largest absolute Gasteiger partial charge is 0.382 e. The molecular weight excluding hydrogens is 254 g/mol. The van der Waals surface area contributed by atoms with Crippen molar-refractivity contribution in [1.29, 1.82) is 0 Å². The van der Waals surface area contributed by atoms with Crippen LogP contribution in [0.4, 0.5) is 14.6 Å². The highest BCUT2D eigenvalue weighted by molar-refractivity contribution is 5.98. The average Bonchev–Trinajstić information content (AvgIpc) is 2.67. The monoisotopic (exact) mass is 266 g/mol. The lowest BCUT2D eigenvalue weighted by atomic mass is 10.2. The number of carbonyl (C=O) groups excluding carboxylic acids is 1. The molecule has 7 heteroatoms. The van der Waals surface area contributed by atoms with Crippen LogP contribution < -0.4 is 11.1 Å². The molecule has 100 valence electrons. The maximum absolute atomic E-state index is 13.4. The standard InChI is InChI=1S/C12H12F2N4O/c1-18-6-8(11(15)17-18)12(19)16-5-7-9(13)3-2-4-10(7)14/h2-4,6H,5H2,1H3,(H2,15,17)(H,16,19). The molecule has 0 aliphatic heterocycles. The summed E-state index contributed by atoms with van der Waals surface area (Å²) in [6, 6.07) is 3.51. The number of rotatable bonds is 3. The van der Waals surface area contributed by atoms with Crippen molar-refractivity contribution < 1.29 is 13.6 Å². The first-order valence-electron chi connectivity index (χ1n) is 5.49. The summed E-state index contributed by atoms with van der Waals surface area (Å²) in [7, 11) is 1.61. The Bertz CT molecular complexity index is 604. The van der Waals surface area contributed by atoms with Crippen molar-refractivity contribution in [2.24, 2.45) is 7.05 Å². The summed E-state index contributed by atoms with van der Waals surface area (Å²) in [5, 5.41) is 6.21. The van der Waals surface area contributed by atoms with Crippen molar-refractivity contribution in [3.63, 3.8) is 0 Å². The van der Waals surface area contributed by atoms with Crippen molar-refractivity contribution in [2.45, 2.75) is 6.54 Å². The van der Waals surface area contributed by atoms with Crippen LogP contribution in [0.15, 0.2) is 24.4 Å². The van der Waals surface area contributed by atoms with Gasteiger partial charge in [0.05, 0.1) is 0 Å². The molecule has 1 aromatic carbocycles. The predicted molar refractivity (Wildman–Crippen MR) is 65.1 cm³/mol. The van der Waals surface area contributed by atoms with E-state index in [1.165, 1.54) is 16.9 Å². The van der Waals surface area contributed by atoms with Crippen LogP contribution in [0.3, 0.4) is 0 Å². The minimum atomic E-state index is -0.709. The van der Waals surface area contributed by atoms with Crippen molar-refractivity contribution >= 4 is 11.7 Å². The molecule has 0 fully saturated rings.